The Morgan fingerprint density at radius 1 is 1.67 bits per heavy atom. The number of nitrogen functional groups attached to an aromatic ring is 1. The summed E-state index contributed by atoms with van der Waals surface area (Å²) in [6.45, 7) is 2.64. The predicted octanol–water partition coefficient (Wildman–Crippen LogP) is 0.118. The zero-order valence-electron chi connectivity index (χ0n) is 8.68. The van der Waals surface area contributed by atoms with Gasteiger partial charge in [0.2, 0.25) is 0 Å². The van der Waals surface area contributed by atoms with E-state index < -0.39 is 0 Å². The molecule has 0 saturated carbocycles. The number of likely N-dealkylation sites (N-methyl/N-ethyl adjacent to an activating group) is 1. The van der Waals surface area contributed by atoms with Crippen molar-refractivity contribution in [2.24, 2.45) is 0 Å². The number of aromatic nitrogens is 1. The number of hydrogen-bond acceptors (Lipinski definition) is 4. The first-order valence-electron chi connectivity index (χ1n) is 4.80. The Morgan fingerprint density at radius 3 is 2.93 bits per heavy atom. The van der Waals surface area contributed by atoms with Crippen molar-refractivity contribution in [3.63, 3.8) is 0 Å². The van der Waals surface area contributed by atoms with Gasteiger partial charge in [0.1, 0.15) is 5.69 Å². The SMILES string of the molecule is CCN(CCO)C(=O)c1cc(N)ccn1. The minimum atomic E-state index is -0.209. The van der Waals surface area contributed by atoms with Gasteiger partial charge in [-0.25, -0.2) is 0 Å². The lowest BCUT2D eigenvalue weighted by Crippen LogP contribution is -2.33. The molecular weight excluding hydrogens is 194 g/mol. The fourth-order valence-corrected chi connectivity index (χ4v) is 1.25. The molecular formula is C10H15N3O2. The van der Waals surface area contributed by atoms with E-state index in [2.05, 4.69) is 4.98 Å². The molecule has 0 aliphatic rings. The van der Waals surface area contributed by atoms with Crippen LogP contribution in [0.1, 0.15) is 17.4 Å². The molecule has 0 fully saturated rings. The van der Waals surface area contributed by atoms with Crippen LogP contribution in [0.4, 0.5) is 5.69 Å². The first-order valence-corrected chi connectivity index (χ1v) is 4.80. The number of anilines is 1. The lowest BCUT2D eigenvalue weighted by molar-refractivity contribution is 0.0726. The van der Waals surface area contributed by atoms with Crippen LogP contribution in [0.15, 0.2) is 18.3 Å². The van der Waals surface area contributed by atoms with Crippen molar-refractivity contribution in [3.05, 3.63) is 24.0 Å². The second-order valence-electron chi connectivity index (χ2n) is 3.08. The number of carbonyl (C=O) groups is 1. The Bertz CT molecular complexity index is 341. The van der Waals surface area contributed by atoms with E-state index in [-0.39, 0.29) is 12.5 Å². The molecule has 5 nitrogen and oxygen atoms in total. The van der Waals surface area contributed by atoms with Crippen molar-refractivity contribution < 1.29 is 9.90 Å². The molecule has 82 valence electrons. The largest absolute Gasteiger partial charge is 0.399 e. The van der Waals surface area contributed by atoms with E-state index in [1.54, 1.807) is 6.07 Å². The van der Waals surface area contributed by atoms with E-state index in [0.717, 1.165) is 0 Å². The van der Waals surface area contributed by atoms with Crippen LogP contribution in [0.5, 0.6) is 0 Å². The molecule has 0 unspecified atom stereocenters. The van der Waals surface area contributed by atoms with E-state index in [1.807, 2.05) is 6.92 Å². The number of hydrogen-bond donors (Lipinski definition) is 2. The van der Waals surface area contributed by atoms with Gasteiger partial charge in [0.25, 0.3) is 5.91 Å². The molecule has 0 aromatic carbocycles. The summed E-state index contributed by atoms with van der Waals surface area (Å²) in [5.74, 6) is -0.209. The highest BCUT2D eigenvalue weighted by Crippen LogP contribution is 2.06. The molecule has 0 radical (unpaired) electrons. The maximum Gasteiger partial charge on any atom is 0.272 e. The van der Waals surface area contributed by atoms with Gasteiger partial charge in [0.15, 0.2) is 0 Å². The third kappa shape index (κ3) is 2.92. The Balaban J connectivity index is 2.82. The highest BCUT2D eigenvalue weighted by Gasteiger charge is 2.14. The van der Waals surface area contributed by atoms with E-state index in [4.69, 9.17) is 10.8 Å². The van der Waals surface area contributed by atoms with E-state index >= 15 is 0 Å². The molecule has 1 amide bonds. The predicted molar refractivity (Wildman–Crippen MR) is 57.3 cm³/mol. The summed E-state index contributed by atoms with van der Waals surface area (Å²) in [5.41, 5.74) is 6.37. The van der Waals surface area contributed by atoms with E-state index in [1.165, 1.54) is 17.2 Å². The summed E-state index contributed by atoms with van der Waals surface area (Å²) in [4.78, 5) is 17.3. The Labute approximate surface area is 88.5 Å². The lowest BCUT2D eigenvalue weighted by Gasteiger charge is -2.18. The van der Waals surface area contributed by atoms with Crippen molar-refractivity contribution in [1.29, 1.82) is 0 Å². The quantitative estimate of drug-likeness (QED) is 0.738. The topological polar surface area (TPSA) is 79.5 Å². The number of aliphatic hydroxyl groups excluding tert-OH is 1. The smallest absolute Gasteiger partial charge is 0.272 e. The van der Waals surface area contributed by atoms with Crippen LogP contribution in [0, 0.1) is 0 Å². The van der Waals surface area contributed by atoms with Gasteiger partial charge in [-0.05, 0) is 19.1 Å². The summed E-state index contributed by atoms with van der Waals surface area (Å²) in [6.07, 6.45) is 1.50. The normalized spacial score (nSPS) is 10.0. The molecule has 5 heteroatoms. The maximum atomic E-state index is 11.8. The van der Waals surface area contributed by atoms with Crippen LogP contribution in [0.25, 0.3) is 0 Å². The molecule has 1 aromatic heterocycles. The summed E-state index contributed by atoms with van der Waals surface area (Å²) >= 11 is 0. The molecule has 1 rings (SSSR count). The molecule has 0 atom stereocenters. The Hall–Kier alpha value is -1.62. The molecule has 0 aliphatic carbocycles. The van der Waals surface area contributed by atoms with E-state index in [9.17, 15) is 4.79 Å². The fraction of sp³-hybridized carbons (Fsp3) is 0.400. The van der Waals surface area contributed by atoms with Gasteiger partial charge in [-0.2, -0.15) is 0 Å². The molecule has 15 heavy (non-hydrogen) atoms. The average Bonchev–Trinajstić information content (AvgIpc) is 2.25. The molecule has 1 aromatic rings. The number of amides is 1. The average molecular weight is 209 g/mol. The molecule has 1 heterocycles. The van der Waals surface area contributed by atoms with Gasteiger partial charge < -0.3 is 15.7 Å². The summed E-state index contributed by atoms with van der Waals surface area (Å²) in [5, 5.41) is 8.78. The third-order valence-electron chi connectivity index (χ3n) is 2.04. The minimum absolute atomic E-state index is 0.0537. The fourth-order valence-electron chi connectivity index (χ4n) is 1.25. The van der Waals surface area contributed by atoms with Crippen molar-refractivity contribution in [2.45, 2.75) is 6.92 Å². The highest BCUT2D eigenvalue weighted by molar-refractivity contribution is 5.93. The van der Waals surface area contributed by atoms with Crippen LogP contribution in [0.2, 0.25) is 0 Å². The van der Waals surface area contributed by atoms with Gasteiger partial charge in [0.05, 0.1) is 6.61 Å². The van der Waals surface area contributed by atoms with Crippen molar-refractivity contribution in [2.75, 3.05) is 25.4 Å². The minimum Gasteiger partial charge on any atom is -0.399 e. The first kappa shape index (κ1) is 11.5. The lowest BCUT2D eigenvalue weighted by atomic mass is 10.3. The van der Waals surface area contributed by atoms with E-state index in [0.29, 0.717) is 24.5 Å². The summed E-state index contributed by atoms with van der Waals surface area (Å²) in [7, 11) is 0. The number of nitrogens with two attached hydrogens (primary N) is 1. The standard InChI is InChI=1S/C10H15N3O2/c1-2-13(5-6-14)10(15)9-7-8(11)3-4-12-9/h3-4,7,14H,2,5-6H2,1H3,(H2,11,12). The number of carbonyl (C=O) groups excluding carboxylic acids is 1. The second-order valence-corrected chi connectivity index (χ2v) is 3.08. The van der Waals surface area contributed by atoms with Crippen LogP contribution in [-0.2, 0) is 0 Å². The molecule has 0 saturated heterocycles. The monoisotopic (exact) mass is 209 g/mol. The van der Waals surface area contributed by atoms with Crippen molar-refractivity contribution in [1.82, 2.24) is 9.88 Å². The maximum absolute atomic E-state index is 11.8. The van der Waals surface area contributed by atoms with Gasteiger partial charge in [-0.3, -0.25) is 9.78 Å². The number of pyridine rings is 1. The number of rotatable bonds is 4. The summed E-state index contributed by atoms with van der Waals surface area (Å²) < 4.78 is 0. The first-order chi connectivity index (χ1) is 7.19. The van der Waals surface area contributed by atoms with Crippen molar-refractivity contribution in [3.8, 4) is 0 Å². The molecule has 0 aliphatic heterocycles. The van der Waals surface area contributed by atoms with Gasteiger partial charge in [-0.1, -0.05) is 0 Å². The van der Waals surface area contributed by atoms with Crippen LogP contribution < -0.4 is 5.73 Å². The summed E-state index contributed by atoms with van der Waals surface area (Å²) in [6, 6.07) is 3.15. The molecule has 3 N–H and O–H groups in total. The van der Waals surface area contributed by atoms with Crippen LogP contribution in [-0.4, -0.2) is 40.6 Å². The molecule has 0 bridgehead atoms. The zero-order valence-corrected chi connectivity index (χ0v) is 8.68. The van der Waals surface area contributed by atoms with Gasteiger partial charge in [-0.15, -0.1) is 0 Å². The Morgan fingerprint density at radius 2 is 2.40 bits per heavy atom. The molecule has 0 spiro atoms. The number of nitrogens with zero attached hydrogens (tertiary/aromatic N) is 2. The van der Waals surface area contributed by atoms with Gasteiger partial charge >= 0.3 is 0 Å². The van der Waals surface area contributed by atoms with Crippen molar-refractivity contribution >= 4 is 11.6 Å². The Kier molecular flexibility index (Phi) is 4.05. The second kappa shape index (κ2) is 5.31. The van der Waals surface area contributed by atoms with Gasteiger partial charge in [0, 0.05) is 25.0 Å². The van der Waals surface area contributed by atoms with Crippen LogP contribution in [0.3, 0.4) is 0 Å². The highest BCUT2D eigenvalue weighted by atomic mass is 16.3. The third-order valence-corrected chi connectivity index (χ3v) is 2.04. The van der Waals surface area contributed by atoms with Crippen LogP contribution >= 0.6 is 0 Å². The zero-order chi connectivity index (χ0) is 11.3. The number of aliphatic hydroxyl groups is 1.